The molecule has 1 fully saturated rings. The second-order valence-corrected chi connectivity index (χ2v) is 6.07. The van der Waals surface area contributed by atoms with Gasteiger partial charge in [-0.3, -0.25) is 4.79 Å². The molecule has 1 heterocycles. The van der Waals surface area contributed by atoms with Gasteiger partial charge in [0.05, 0.1) is 5.25 Å². The fraction of sp³-hybridized carbons (Fsp3) is 0.727. The van der Waals surface area contributed by atoms with Crippen LogP contribution >= 0.6 is 11.8 Å². The maximum Gasteiger partial charge on any atom is 0.230 e. The standard InChI is InChI=1S/C11H18N4OS/c1-6(2)10-13-14-11(15(10)8-4-5-8)17-7(3)9(12)16/h6-8H,4-5H2,1-3H3,(H2,12,16). The fourth-order valence-corrected chi connectivity index (χ4v) is 2.53. The van der Waals surface area contributed by atoms with Gasteiger partial charge in [-0.15, -0.1) is 10.2 Å². The Bertz CT molecular complexity index is 425. The van der Waals surface area contributed by atoms with Gasteiger partial charge in [-0.1, -0.05) is 25.6 Å². The number of nitrogens with zero attached hydrogens (tertiary/aromatic N) is 3. The molecule has 1 aliphatic rings. The Morgan fingerprint density at radius 1 is 1.41 bits per heavy atom. The van der Waals surface area contributed by atoms with Crippen molar-refractivity contribution >= 4 is 17.7 Å². The molecule has 1 aromatic rings. The minimum absolute atomic E-state index is 0.267. The van der Waals surface area contributed by atoms with Crippen LogP contribution in [0.3, 0.4) is 0 Å². The van der Waals surface area contributed by atoms with Gasteiger partial charge in [-0.2, -0.15) is 0 Å². The Balaban J connectivity index is 2.25. The average molecular weight is 254 g/mol. The SMILES string of the molecule is CC(Sc1nnc(C(C)C)n1C1CC1)C(N)=O. The maximum atomic E-state index is 11.1. The smallest absolute Gasteiger partial charge is 0.230 e. The first-order valence-corrected chi connectivity index (χ1v) is 6.79. The molecule has 94 valence electrons. The molecule has 1 atom stereocenters. The zero-order valence-corrected chi connectivity index (χ0v) is 11.2. The molecule has 1 unspecified atom stereocenters. The van der Waals surface area contributed by atoms with E-state index in [0.29, 0.717) is 12.0 Å². The first-order chi connectivity index (χ1) is 8.00. The van der Waals surface area contributed by atoms with E-state index in [-0.39, 0.29) is 11.2 Å². The summed E-state index contributed by atoms with van der Waals surface area (Å²) in [5.74, 6) is 1.04. The summed E-state index contributed by atoms with van der Waals surface area (Å²) in [6, 6.07) is 0.518. The summed E-state index contributed by atoms with van der Waals surface area (Å²) in [4.78, 5) is 11.1. The van der Waals surface area contributed by atoms with E-state index in [1.165, 1.54) is 24.6 Å². The lowest BCUT2D eigenvalue weighted by Gasteiger charge is -2.12. The number of rotatable bonds is 5. The Labute approximate surface area is 105 Å². The summed E-state index contributed by atoms with van der Waals surface area (Å²) in [7, 11) is 0. The number of carbonyl (C=O) groups is 1. The van der Waals surface area contributed by atoms with Crippen LogP contribution in [0, 0.1) is 0 Å². The highest BCUT2D eigenvalue weighted by atomic mass is 32.2. The molecule has 0 aromatic carbocycles. The maximum absolute atomic E-state index is 11.1. The van der Waals surface area contributed by atoms with Gasteiger partial charge in [0.15, 0.2) is 5.16 Å². The summed E-state index contributed by atoms with van der Waals surface area (Å²) in [5.41, 5.74) is 5.28. The van der Waals surface area contributed by atoms with Crippen molar-refractivity contribution in [3.63, 3.8) is 0 Å². The van der Waals surface area contributed by atoms with Crippen LogP contribution in [0.25, 0.3) is 0 Å². The van der Waals surface area contributed by atoms with Gasteiger partial charge in [0, 0.05) is 12.0 Å². The van der Waals surface area contributed by atoms with E-state index in [4.69, 9.17) is 5.73 Å². The lowest BCUT2D eigenvalue weighted by atomic mass is 10.2. The Kier molecular flexibility index (Phi) is 3.42. The van der Waals surface area contributed by atoms with E-state index in [1.807, 2.05) is 0 Å². The third kappa shape index (κ3) is 2.62. The Morgan fingerprint density at radius 3 is 2.53 bits per heavy atom. The minimum Gasteiger partial charge on any atom is -0.369 e. The van der Waals surface area contributed by atoms with Crippen molar-refractivity contribution in [2.24, 2.45) is 5.73 Å². The van der Waals surface area contributed by atoms with Crippen molar-refractivity contribution in [1.29, 1.82) is 0 Å². The van der Waals surface area contributed by atoms with Gasteiger partial charge in [0.25, 0.3) is 0 Å². The van der Waals surface area contributed by atoms with Gasteiger partial charge in [-0.25, -0.2) is 0 Å². The molecule has 0 aliphatic heterocycles. The van der Waals surface area contributed by atoms with Crippen molar-refractivity contribution < 1.29 is 4.79 Å². The highest BCUT2D eigenvalue weighted by Gasteiger charge is 2.31. The summed E-state index contributed by atoms with van der Waals surface area (Å²) in [6.07, 6.45) is 2.35. The van der Waals surface area contributed by atoms with Crippen LogP contribution < -0.4 is 5.73 Å². The van der Waals surface area contributed by atoms with E-state index in [9.17, 15) is 4.79 Å². The highest BCUT2D eigenvalue weighted by molar-refractivity contribution is 8.00. The summed E-state index contributed by atoms with van der Waals surface area (Å²) < 4.78 is 2.18. The molecule has 2 N–H and O–H groups in total. The number of thioether (sulfide) groups is 1. The molecule has 1 saturated carbocycles. The molecule has 5 nitrogen and oxygen atoms in total. The molecule has 0 radical (unpaired) electrons. The Morgan fingerprint density at radius 2 is 2.06 bits per heavy atom. The molecule has 1 amide bonds. The molecule has 17 heavy (non-hydrogen) atoms. The van der Waals surface area contributed by atoms with E-state index in [0.717, 1.165) is 11.0 Å². The topological polar surface area (TPSA) is 73.8 Å². The van der Waals surface area contributed by atoms with Crippen LogP contribution in [-0.4, -0.2) is 25.9 Å². The third-order valence-corrected chi connectivity index (χ3v) is 3.88. The molecule has 2 rings (SSSR count). The zero-order chi connectivity index (χ0) is 12.6. The molecule has 0 saturated heterocycles. The van der Waals surface area contributed by atoms with E-state index < -0.39 is 0 Å². The molecule has 1 aliphatic carbocycles. The second-order valence-electron chi connectivity index (χ2n) is 4.76. The first kappa shape index (κ1) is 12.4. The number of hydrogen-bond donors (Lipinski definition) is 1. The van der Waals surface area contributed by atoms with Gasteiger partial charge >= 0.3 is 0 Å². The minimum atomic E-state index is -0.313. The summed E-state index contributed by atoms with van der Waals surface area (Å²) in [6.45, 7) is 6.01. The summed E-state index contributed by atoms with van der Waals surface area (Å²) in [5, 5.41) is 8.97. The number of nitrogens with two attached hydrogens (primary N) is 1. The van der Waals surface area contributed by atoms with Gasteiger partial charge < -0.3 is 10.3 Å². The predicted molar refractivity (Wildman–Crippen MR) is 66.9 cm³/mol. The number of carbonyl (C=O) groups excluding carboxylic acids is 1. The van der Waals surface area contributed by atoms with E-state index in [1.54, 1.807) is 6.92 Å². The zero-order valence-electron chi connectivity index (χ0n) is 10.4. The fourth-order valence-electron chi connectivity index (χ4n) is 1.65. The lowest BCUT2D eigenvalue weighted by Crippen LogP contribution is -2.23. The number of primary amides is 1. The van der Waals surface area contributed by atoms with Crippen LogP contribution in [0.2, 0.25) is 0 Å². The predicted octanol–water partition coefficient (Wildman–Crippen LogP) is 1.70. The summed E-state index contributed by atoms with van der Waals surface area (Å²) >= 11 is 1.40. The van der Waals surface area contributed by atoms with Crippen LogP contribution in [0.4, 0.5) is 0 Å². The van der Waals surface area contributed by atoms with Crippen molar-refractivity contribution in [2.75, 3.05) is 0 Å². The molecular formula is C11H18N4OS. The number of hydrogen-bond acceptors (Lipinski definition) is 4. The number of amides is 1. The Hall–Kier alpha value is -1.04. The van der Waals surface area contributed by atoms with Gasteiger partial charge in [0.2, 0.25) is 5.91 Å². The van der Waals surface area contributed by atoms with E-state index in [2.05, 4.69) is 28.6 Å². The van der Waals surface area contributed by atoms with Crippen molar-refractivity contribution in [3.05, 3.63) is 5.82 Å². The van der Waals surface area contributed by atoms with Crippen molar-refractivity contribution in [1.82, 2.24) is 14.8 Å². The van der Waals surface area contributed by atoms with Crippen LogP contribution in [0.15, 0.2) is 5.16 Å². The normalized spacial score (nSPS) is 17.4. The monoisotopic (exact) mass is 254 g/mol. The van der Waals surface area contributed by atoms with Gasteiger partial charge in [0.1, 0.15) is 5.82 Å². The van der Waals surface area contributed by atoms with Crippen molar-refractivity contribution in [3.8, 4) is 0 Å². The average Bonchev–Trinajstić information content (AvgIpc) is 3.00. The van der Waals surface area contributed by atoms with Gasteiger partial charge in [-0.05, 0) is 19.8 Å². The third-order valence-electron chi connectivity index (χ3n) is 2.80. The van der Waals surface area contributed by atoms with Crippen LogP contribution in [0.5, 0.6) is 0 Å². The van der Waals surface area contributed by atoms with Crippen LogP contribution in [-0.2, 0) is 4.79 Å². The molecule has 6 heteroatoms. The highest BCUT2D eigenvalue weighted by Crippen LogP contribution is 2.40. The van der Waals surface area contributed by atoms with Crippen LogP contribution in [0.1, 0.15) is 51.4 Å². The quantitative estimate of drug-likeness (QED) is 0.812. The lowest BCUT2D eigenvalue weighted by molar-refractivity contribution is -0.117. The van der Waals surface area contributed by atoms with Crippen molar-refractivity contribution in [2.45, 2.75) is 56.0 Å². The molecule has 0 bridgehead atoms. The molecule has 0 spiro atoms. The molecule has 1 aromatic heterocycles. The molecular weight excluding hydrogens is 236 g/mol. The first-order valence-electron chi connectivity index (χ1n) is 5.91. The van der Waals surface area contributed by atoms with E-state index >= 15 is 0 Å². The largest absolute Gasteiger partial charge is 0.369 e. The number of aromatic nitrogens is 3. The second kappa shape index (κ2) is 4.68.